The number of aliphatic hydroxyl groups is 1. The second-order valence-corrected chi connectivity index (χ2v) is 7.40. The molecule has 1 aliphatic carbocycles. The summed E-state index contributed by atoms with van der Waals surface area (Å²) in [5, 5.41) is 8.99. The average Bonchev–Trinajstić information content (AvgIpc) is 2.17. The Hall–Kier alpha value is 0.310. The van der Waals surface area contributed by atoms with Crippen LogP contribution in [0.5, 0.6) is 0 Å². The van der Waals surface area contributed by atoms with Crippen molar-refractivity contribution in [3.8, 4) is 0 Å². The second kappa shape index (κ2) is 5.58. The molecule has 1 saturated carbocycles. The molecule has 0 aromatic carbocycles. The lowest BCUT2D eigenvalue weighted by Crippen LogP contribution is -2.35. The zero-order valence-electron chi connectivity index (χ0n) is 10.6. The first-order valence-corrected chi connectivity index (χ1v) is 7.11. The lowest BCUT2D eigenvalue weighted by atomic mass is 9.71. The summed E-state index contributed by atoms with van der Waals surface area (Å²) in [7, 11) is 1.00. The van der Waals surface area contributed by atoms with Crippen LogP contribution in [0.25, 0.3) is 0 Å². The van der Waals surface area contributed by atoms with Crippen molar-refractivity contribution in [3.05, 3.63) is 0 Å². The van der Waals surface area contributed by atoms with Crippen LogP contribution in [-0.4, -0.2) is 22.7 Å². The number of hydrogen-bond donors (Lipinski definition) is 1. The van der Waals surface area contributed by atoms with Gasteiger partial charge in [-0.05, 0) is 43.4 Å². The SMILES string of the molecule is CC1CC(C2CCC(C)(C)CC2)S1.CO. The summed E-state index contributed by atoms with van der Waals surface area (Å²) in [5.74, 6) is 1.06. The third-order valence-corrected chi connectivity index (χ3v) is 5.46. The molecule has 2 aliphatic rings. The van der Waals surface area contributed by atoms with Crippen LogP contribution in [-0.2, 0) is 0 Å². The molecule has 0 aromatic rings. The number of aliphatic hydroxyl groups excluding tert-OH is 1. The maximum absolute atomic E-state index is 7.00. The summed E-state index contributed by atoms with van der Waals surface area (Å²) < 4.78 is 0. The molecule has 1 N–H and O–H groups in total. The van der Waals surface area contributed by atoms with Crippen LogP contribution >= 0.6 is 11.8 Å². The molecule has 2 atom stereocenters. The molecule has 15 heavy (non-hydrogen) atoms. The molecule has 90 valence electrons. The zero-order chi connectivity index (χ0) is 11.5. The summed E-state index contributed by atoms with van der Waals surface area (Å²) in [4.78, 5) is 0. The van der Waals surface area contributed by atoms with E-state index in [1.807, 2.05) is 0 Å². The average molecular weight is 230 g/mol. The molecule has 1 nitrogen and oxygen atoms in total. The molecular formula is C13H26OS. The van der Waals surface area contributed by atoms with Gasteiger partial charge in [0.2, 0.25) is 0 Å². The Bertz CT molecular complexity index is 175. The predicted octanol–water partition coefficient (Wildman–Crippen LogP) is 3.71. The van der Waals surface area contributed by atoms with Crippen LogP contribution in [0.1, 0.15) is 52.9 Å². The Morgan fingerprint density at radius 1 is 1.13 bits per heavy atom. The molecule has 0 spiro atoms. The quantitative estimate of drug-likeness (QED) is 0.741. The summed E-state index contributed by atoms with van der Waals surface area (Å²) in [5.41, 5.74) is 0.649. The lowest BCUT2D eigenvalue weighted by molar-refractivity contribution is 0.184. The molecule has 0 bridgehead atoms. The van der Waals surface area contributed by atoms with Gasteiger partial charge in [0.1, 0.15) is 0 Å². The topological polar surface area (TPSA) is 20.2 Å². The van der Waals surface area contributed by atoms with Crippen molar-refractivity contribution in [2.75, 3.05) is 7.11 Å². The van der Waals surface area contributed by atoms with Gasteiger partial charge in [0.15, 0.2) is 0 Å². The van der Waals surface area contributed by atoms with E-state index in [0.717, 1.165) is 23.5 Å². The highest BCUT2D eigenvalue weighted by Gasteiger charge is 2.37. The van der Waals surface area contributed by atoms with E-state index in [1.54, 1.807) is 0 Å². The first kappa shape index (κ1) is 13.4. The third-order valence-electron chi connectivity index (χ3n) is 3.88. The molecule has 2 fully saturated rings. The minimum absolute atomic E-state index is 0.649. The maximum Gasteiger partial charge on any atom is 0.0319 e. The van der Waals surface area contributed by atoms with Crippen LogP contribution in [0.4, 0.5) is 0 Å². The van der Waals surface area contributed by atoms with Gasteiger partial charge >= 0.3 is 0 Å². The van der Waals surface area contributed by atoms with Gasteiger partial charge in [0.05, 0.1) is 0 Å². The molecule has 1 heterocycles. The second-order valence-electron chi connectivity index (χ2n) is 5.72. The van der Waals surface area contributed by atoms with Crippen molar-refractivity contribution in [2.24, 2.45) is 11.3 Å². The Kier molecular flexibility index (Phi) is 4.98. The molecule has 2 rings (SSSR count). The first-order chi connectivity index (χ1) is 7.07. The van der Waals surface area contributed by atoms with Gasteiger partial charge in [-0.25, -0.2) is 0 Å². The number of rotatable bonds is 1. The van der Waals surface area contributed by atoms with Crippen molar-refractivity contribution in [3.63, 3.8) is 0 Å². The van der Waals surface area contributed by atoms with Crippen LogP contribution in [0.3, 0.4) is 0 Å². The van der Waals surface area contributed by atoms with Gasteiger partial charge < -0.3 is 5.11 Å². The summed E-state index contributed by atoms with van der Waals surface area (Å²) in [6.07, 6.45) is 7.41. The molecule has 1 aliphatic heterocycles. The first-order valence-electron chi connectivity index (χ1n) is 6.17. The fourth-order valence-electron chi connectivity index (χ4n) is 2.71. The maximum atomic E-state index is 7.00. The monoisotopic (exact) mass is 230 g/mol. The van der Waals surface area contributed by atoms with Gasteiger partial charge in [-0.15, -0.1) is 0 Å². The van der Waals surface area contributed by atoms with Crippen LogP contribution in [0.2, 0.25) is 0 Å². The third kappa shape index (κ3) is 3.67. The van der Waals surface area contributed by atoms with Gasteiger partial charge in [-0.1, -0.05) is 20.8 Å². The fourth-order valence-corrected chi connectivity index (χ4v) is 4.16. The van der Waals surface area contributed by atoms with E-state index in [1.165, 1.54) is 32.1 Å². The van der Waals surface area contributed by atoms with Crippen molar-refractivity contribution in [1.29, 1.82) is 0 Å². The summed E-state index contributed by atoms with van der Waals surface area (Å²) in [6, 6.07) is 0. The van der Waals surface area contributed by atoms with E-state index in [9.17, 15) is 0 Å². The standard InChI is InChI=1S/C12H22S.CH4O/c1-9-8-11(13-9)10-4-6-12(2,3)7-5-10;1-2/h9-11H,4-8H2,1-3H3;2H,1H3. The molecule has 2 unspecified atom stereocenters. The number of thioether (sulfide) groups is 1. The van der Waals surface area contributed by atoms with E-state index < -0.39 is 0 Å². The highest BCUT2D eigenvalue weighted by atomic mass is 32.2. The Labute approximate surface area is 99.0 Å². The van der Waals surface area contributed by atoms with Crippen LogP contribution in [0, 0.1) is 11.3 Å². The van der Waals surface area contributed by atoms with E-state index in [-0.39, 0.29) is 0 Å². The fraction of sp³-hybridized carbons (Fsp3) is 1.00. The summed E-state index contributed by atoms with van der Waals surface area (Å²) in [6.45, 7) is 7.23. The zero-order valence-corrected chi connectivity index (χ0v) is 11.4. The summed E-state index contributed by atoms with van der Waals surface area (Å²) >= 11 is 2.24. The number of hydrogen-bond acceptors (Lipinski definition) is 2. The van der Waals surface area contributed by atoms with E-state index in [0.29, 0.717) is 5.41 Å². The van der Waals surface area contributed by atoms with E-state index >= 15 is 0 Å². The van der Waals surface area contributed by atoms with Gasteiger partial charge in [0, 0.05) is 17.6 Å². The van der Waals surface area contributed by atoms with Crippen LogP contribution < -0.4 is 0 Å². The van der Waals surface area contributed by atoms with Gasteiger partial charge in [0.25, 0.3) is 0 Å². The molecule has 0 amide bonds. The predicted molar refractivity (Wildman–Crippen MR) is 69.3 cm³/mol. The van der Waals surface area contributed by atoms with E-state index in [2.05, 4.69) is 32.5 Å². The molecule has 1 saturated heterocycles. The molecule has 2 heteroatoms. The smallest absolute Gasteiger partial charge is 0.0319 e. The minimum Gasteiger partial charge on any atom is -0.400 e. The Morgan fingerprint density at radius 3 is 2.00 bits per heavy atom. The van der Waals surface area contributed by atoms with Gasteiger partial charge in [-0.3, -0.25) is 0 Å². The lowest BCUT2D eigenvalue weighted by Gasteiger charge is -2.43. The molecular weight excluding hydrogens is 204 g/mol. The van der Waals surface area contributed by atoms with E-state index in [4.69, 9.17) is 5.11 Å². The Balaban J connectivity index is 0.000000531. The molecule has 0 radical (unpaired) electrons. The normalized spacial score (nSPS) is 35.0. The highest BCUT2D eigenvalue weighted by molar-refractivity contribution is 8.01. The minimum atomic E-state index is 0.649. The van der Waals surface area contributed by atoms with Gasteiger partial charge in [-0.2, -0.15) is 11.8 Å². The van der Waals surface area contributed by atoms with Crippen molar-refractivity contribution >= 4 is 11.8 Å². The largest absolute Gasteiger partial charge is 0.400 e. The van der Waals surface area contributed by atoms with Crippen molar-refractivity contribution in [2.45, 2.75) is 63.4 Å². The Morgan fingerprint density at radius 2 is 1.60 bits per heavy atom. The van der Waals surface area contributed by atoms with Crippen LogP contribution in [0.15, 0.2) is 0 Å². The molecule has 0 aromatic heterocycles. The van der Waals surface area contributed by atoms with Crippen molar-refractivity contribution < 1.29 is 5.11 Å². The van der Waals surface area contributed by atoms with Crippen molar-refractivity contribution in [1.82, 2.24) is 0 Å². The highest BCUT2D eigenvalue weighted by Crippen LogP contribution is 2.48.